The van der Waals surface area contributed by atoms with E-state index in [1.807, 2.05) is 0 Å². The molecule has 2 aromatic rings. The van der Waals surface area contributed by atoms with E-state index in [1.165, 1.54) is 18.2 Å². The topological polar surface area (TPSA) is 111 Å². The van der Waals surface area contributed by atoms with Crippen LogP contribution in [0.4, 0.5) is 15.9 Å². The number of thioether (sulfide) groups is 1. The quantitative estimate of drug-likeness (QED) is 0.660. The number of carbonyl (C=O) groups excluding carboxylic acids is 3. The first-order valence-corrected chi connectivity index (χ1v) is 8.95. The molecule has 144 valence electrons. The van der Waals surface area contributed by atoms with E-state index in [0.717, 1.165) is 17.8 Å². The van der Waals surface area contributed by atoms with Crippen molar-refractivity contribution in [3.8, 4) is 0 Å². The van der Waals surface area contributed by atoms with Gasteiger partial charge in [-0.05, 0) is 32.0 Å². The number of halogens is 1. The maximum Gasteiger partial charge on any atom is 0.316 e. The molecule has 0 saturated heterocycles. The van der Waals surface area contributed by atoms with Crippen molar-refractivity contribution in [2.45, 2.75) is 19.1 Å². The van der Waals surface area contributed by atoms with E-state index in [2.05, 4.69) is 15.8 Å². The second-order valence-corrected chi connectivity index (χ2v) is 6.81. The van der Waals surface area contributed by atoms with Gasteiger partial charge in [0, 0.05) is 11.8 Å². The normalized spacial score (nSPS) is 11.5. The number of hydrogen-bond acceptors (Lipinski definition) is 7. The van der Waals surface area contributed by atoms with Crippen LogP contribution in [0, 0.1) is 12.7 Å². The van der Waals surface area contributed by atoms with Gasteiger partial charge in [-0.3, -0.25) is 14.4 Å². The summed E-state index contributed by atoms with van der Waals surface area (Å²) in [6.45, 7) is 2.81. The van der Waals surface area contributed by atoms with Crippen molar-refractivity contribution < 1.29 is 28.0 Å². The van der Waals surface area contributed by atoms with E-state index >= 15 is 0 Å². The highest BCUT2D eigenvalue weighted by Crippen LogP contribution is 2.14. The van der Waals surface area contributed by atoms with Crippen molar-refractivity contribution >= 4 is 41.1 Å². The number of nitrogens with one attached hydrogen (secondary N) is 2. The van der Waals surface area contributed by atoms with E-state index in [-0.39, 0.29) is 17.3 Å². The highest BCUT2D eigenvalue weighted by atomic mass is 32.2. The summed E-state index contributed by atoms with van der Waals surface area (Å²) in [6, 6.07) is 6.91. The minimum atomic E-state index is -0.647. The molecule has 0 spiro atoms. The Balaban J connectivity index is 1.67. The van der Waals surface area contributed by atoms with Crippen LogP contribution in [-0.4, -0.2) is 40.6 Å². The Morgan fingerprint density at radius 2 is 2.07 bits per heavy atom. The lowest BCUT2D eigenvalue weighted by molar-refractivity contribution is -0.144. The maximum atomic E-state index is 13.0. The molecule has 10 heteroatoms. The molecule has 1 aromatic heterocycles. The number of carbonyl (C=O) groups is 3. The molecule has 1 aromatic carbocycles. The summed E-state index contributed by atoms with van der Waals surface area (Å²) >= 11 is 1.05. The van der Waals surface area contributed by atoms with E-state index in [9.17, 15) is 18.8 Å². The number of esters is 1. The number of ether oxygens (including phenoxy) is 1. The van der Waals surface area contributed by atoms with Crippen LogP contribution >= 0.6 is 11.8 Å². The monoisotopic (exact) mass is 395 g/mol. The summed E-state index contributed by atoms with van der Waals surface area (Å²) in [5.74, 6) is -1.33. The zero-order chi connectivity index (χ0) is 19.8. The molecule has 2 amide bonds. The van der Waals surface area contributed by atoms with Gasteiger partial charge in [0.05, 0.1) is 11.0 Å². The minimum absolute atomic E-state index is 0.111. The van der Waals surface area contributed by atoms with E-state index < -0.39 is 29.6 Å². The third-order valence-electron chi connectivity index (χ3n) is 3.17. The predicted octanol–water partition coefficient (Wildman–Crippen LogP) is 2.36. The third kappa shape index (κ3) is 7.10. The second kappa shape index (κ2) is 9.72. The molecule has 0 aliphatic rings. The van der Waals surface area contributed by atoms with Gasteiger partial charge < -0.3 is 19.9 Å². The van der Waals surface area contributed by atoms with Crippen LogP contribution in [0.5, 0.6) is 0 Å². The molecule has 0 saturated carbocycles. The van der Waals surface area contributed by atoms with Gasteiger partial charge in [0.1, 0.15) is 11.6 Å². The van der Waals surface area contributed by atoms with Crippen molar-refractivity contribution in [1.29, 1.82) is 0 Å². The second-order valence-electron chi connectivity index (χ2n) is 5.48. The summed E-state index contributed by atoms with van der Waals surface area (Å²) in [7, 11) is 0. The number of hydrogen-bond donors (Lipinski definition) is 2. The lowest BCUT2D eigenvalue weighted by Crippen LogP contribution is -2.25. The van der Waals surface area contributed by atoms with Gasteiger partial charge in [-0.25, -0.2) is 4.39 Å². The largest absolute Gasteiger partial charge is 0.455 e. The average Bonchev–Trinajstić information content (AvgIpc) is 3.02. The summed E-state index contributed by atoms with van der Waals surface area (Å²) in [4.78, 5) is 35.4. The molecular weight excluding hydrogens is 377 g/mol. The zero-order valence-corrected chi connectivity index (χ0v) is 15.5. The van der Waals surface area contributed by atoms with Crippen molar-refractivity contribution in [2.24, 2.45) is 0 Å². The Labute approximate surface area is 158 Å². The zero-order valence-electron chi connectivity index (χ0n) is 14.7. The van der Waals surface area contributed by atoms with Gasteiger partial charge in [-0.1, -0.05) is 11.2 Å². The van der Waals surface area contributed by atoms with Gasteiger partial charge in [-0.15, -0.1) is 11.8 Å². The van der Waals surface area contributed by atoms with Crippen LogP contribution in [0.1, 0.15) is 12.7 Å². The summed E-state index contributed by atoms with van der Waals surface area (Å²) < 4.78 is 22.7. The molecule has 0 aliphatic heterocycles. The van der Waals surface area contributed by atoms with Crippen LogP contribution < -0.4 is 10.6 Å². The Morgan fingerprint density at radius 1 is 1.30 bits per heavy atom. The summed E-state index contributed by atoms with van der Waals surface area (Å²) in [5, 5.41) is 8.07. The molecule has 0 radical (unpaired) electrons. The van der Waals surface area contributed by atoms with Crippen molar-refractivity contribution in [3.63, 3.8) is 0 Å². The highest BCUT2D eigenvalue weighted by Gasteiger charge is 2.17. The fourth-order valence-corrected chi connectivity index (χ4v) is 2.55. The minimum Gasteiger partial charge on any atom is -0.455 e. The summed E-state index contributed by atoms with van der Waals surface area (Å²) in [6.07, 6.45) is 0. The van der Waals surface area contributed by atoms with Crippen LogP contribution in [0.25, 0.3) is 0 Å². The first-order chi connectivity index (χ1) is 12.8. The Hall–Kier alpha value is -2.88. The lowest BCUT2D eigenvalue weighted by atomic mass is 10.3. The number of aryl methyl sites for hydroxylation is 1. The molecule has 1 atom stereocenters. The SMILES string of the molecule is Cc1cc(NC(=O)[C@H](C)SCC(=O)OCC(=O)Nc2cccc(F)c2)no1. The highest BCUT2D eigenvalue weighted by molar-refractivity contribution is 8.01. The third-order valence-corrected chi connectivity index (χ3v) is 4.29. The standard InChI is InChI=1S/C17H18FN3O5S/c1-10-6-14(21-26-10)20-17(24)11(2)27-9-16(23)25-8-15(22)19-13-5-3-4-12(18)7-13/h3-7,11H,8-9H2,1-2H3,(H,19,22)(H,20,21,24)/t11-/m0/s1. The Kier molecular flexibility index (Phi) is 7.35. The van der Waals surface area contributed by atoms with Crippen LogP contribution in [0.3, 0.4) is 0 Å². The van der Waals surface area contributed by atoms with Crippen molar-refractivity contribution in [2.75, 3.05) is 23.0 Å². The molecule has 2 rings (SSSR count). The van der Waals surface area contributed by atoms with Crippen LogP contribution in [0.2, 0.25) is 0 Å². The molecule has 27 heavy (non-hydrogen) atoms. The molecule has 8 nitrogen and oxygen atoms in total. The van der Waals surface area contributed by atoms with Gasteiger partial charge in [0.25, 0.3) is 5.91 Å². The number of aromatic nitrogens is 1. The number of anilines is 2. The van der Waals surface area contributed by atoms with E-state index in [1.54, 1.807) is 19.9 Å². The van der Waals surface area contributed by atoms with Crippen molar-refractivity contribution in [3.05, 3.63) is 41.9 Å². The summed E-state index contributed by atoms with van der Waals surface area (Å²) in [5.41, 5.74) is 0.263. The average molecular weight is 395 g/mol. The van der Waals surface area contributed by atoms with Gasteiger partial charge in [0.15, 0.2) is 12.4 Å². The lowest BCUT2D eigenvalue weighted by Gasteiger charge is -2.10. The smallest absolute Gasteiger partial charge is 0.316 e. The predicted molar refractivity (Wildman–Crippen MR) is 97.8 cm³/mol. The van der Waals surface area contributed by atoms with Gasteiger partial charge in [-0.2, -0.15) is 0 Å². The Morgan fingerprint density at radius 3 is 2.74 bits per heavy atom. The molecular formula is C17H18FN3O5S. The molecule has 0 unspecified atom stereocenters. The molecule has 1 heterocycles. The number of nitrogens with zero attached hydrogens (tertiary/aromatic N) is 1. The Bertz CT molecular complexity index is 826. The number of amides is 2. The molecule has 0 fully saturated rings. The molecule has 0 aliphatic carbocycles. The van der Waals surface area contributed by atoms with E-state index in [0.29, 0.717) is 11.6 Å². The fourth-order valence-electron chi connectivity index (χ4n) is 1.87. The first kappa shape index (κ1) is 20.4. The fraction of sp³-hybridized carbons (Fsp3) is 0.294. The molecule has 0 bridgehead atoms. The number of benzene rings is 1. The van der Waals surface area contributed by atoms with E-state index in [4.69, 9.17) is 9.26 Å². The first-order valence-electron chi connectivity index (χ1n) is 7.90. The van der Waals surface area contributed by atoms with Gasteiger partial charge >= 0.3 is 5.97 Å². The maximum absolute atomic E-state index is 13.0. The molecule has 2 N–H and O–H groups in total. The van der Waals surface area contributed by atoms with Crippen LogP contribution in [0.15, 0.2) is 34.9 Å². The van der Waals surface area contributed by atoms with Crippen molar-refractivity contribution in [1.82, 2.24) is 5.16 Å². The number of rotatable bonds is 8. The van der Waals surface area contributed by atoms with Crippen LogP contribution in [-0.2, 0) is 19.1 Å². The van der Waals surface area contributed by atoms with Gasteiger partial charge in [0.2, 0.25) is 5.91 Å².